The van der Waals surface area contributed by atoms with Crippen molar-refractivity contribution in [1.82, 2.24) is 14.5 Å². The Morgan fingerprint density at radius 3 is 2.66 bits per heavy atom. The molecule has 0 bridgehead atoms. The van der Waals surface area contributed by atoms with Crippen molar-refractivity contribution in [2.75, 3.05) is 20.8 Å². The molecule has 154 valence electrons. The van der Waals surface area contributed by atoms with E-state index >= 15 is 0 Å². The molecule has 1 aromatic heterocycles. The van der Waals surface area contributed by atoms with Crippen LogP contribution in [-0.4, -0.2) is 41.1 Å². The molecule has 3 rings (SSSR count). The van der Waals surface area contributed by atoms with Crippen LogP contribution in [0.15, 0.2) is 42.5 Å². The third-order valence-corrected chi connectivity index (χ3v) is 4.94. The van der Waals surface area contributed by atoms with Gasteiger partial charge in [0.1, 0.15) is 5.82 Å². The molecule has 0 aliphatic carbocycles. The average molecular weight is 396 g/mol. The summed E-state index contributed by atoms with van der Waals surface area (Å²) in [4.78, 5) is 19.4. The fourth-order valence-corrected chi connectivity index (χ4v) is 3.35. The van der Waals surface area contributed by atoms with E-state index in [0.717, 1.165) is 36.2 Å². The lowest BCUT2D eigenvalue weighted by Crippen LogP contribution is -2.27. The van der Waals surface area contributed by atoms with Crippen LogP contribution in [0.3, 0.4) is 0 Å². The number of ether oxygens (including phenoxy) is 2. The topological polar surface area (TPSA) is 56.6 Å². The van der Waals surface area contributed by atoms with Gasteiger partial charge in [-0.1, -0.05) is 25.5 Å². The quantitative estimate of drug-likeness (QED) is 0.500. The Labute approximate surface area is 172 Å². The van der Waals surface area contributed by atoms with Crippen molar-refractivity contribution < 1.29 is 14.3 Å². The molecular weight excluding hydrogens is 366 g/mol. The second kappa shape index (κ2) is 9.45. The van der Waals surface area contributed by atoms with Gasteiger partial charge < -0.3 is 18.9 Å². The van der Waals surface area contributed by atoms with Crippen LogP contribution in [0.4, 0.5) is 0 Å². The van der Waals surface area contributed by atoms with Gasteiger partial charge in [-0.25, -0.2) is 4.98 Å². The zero-order chi connectivity index (χ0) is 20.8. The minimum absolute atomic E-state index is 0.0851. The van der Waals surface area contributed by atoms with Crippen molar-refractivity contribution in [3.05, 3.63) is 53.9 Å². The molecule has 29 heavy (non-hydrogen) atoms. The fraction of sp³-hybridized carbons (Fsp3) is 0.391. The van der Waals surface area contributed by atoms with Crippen LogP contribution >= 0.6 is 0 Å². The molecule has 0 saturated heterocycles. The zero-order valence-corrected chi connectivity index (χ0v) is 17.6. The van der Waals surface area contributed by atoms with E-state index in [1.165, 1.54) is 0 Å². The minimum atomic E-state index is -0.0851. The van der Waals surface area contributed by atoms with Gasteiger partial charge in [-0.15, -0.1) is 0 Å². The first-order chi connectivity index (χ1) is 14.1. The number of aryl methyl sites for hydroxylation is 1. The molecule has 0 aliphatic heterocycles. The molecule has 0 unspecified atom stereocenters. The van der Waals surface area contributed by atoms with Crippen molar-refractivity contribution in [1.29, 1.82) is 0 Å². The number of rotatable bonds is 9. The third-order valence-electron chi connectivity index (χ3n) is 4.94. The van der Waals surface area contributed by atoms with E-state index < -0.39 is 0 Å². The number of nitrogens with zero attached hydrogens (tertiary/aromatic N) is 3. The number of carbonyl (C=O) groups excluding carboxylic acids is 1. The fourth-order valence-electron chi connectivity index (χ4n) is 3.35. The van der Waals surface area contributed by atoms with Crippen molar-refractivity contribution in [2.45, 2.75) is 39.8 Å². The van der Waals surface area contributed by atoms with E-state index in [4.69, 9.17) is 14.5 Å². The summed E-state index contributed by atoms with van der Waals surface area (Å²) in [6.07, 6.45) is 2.04. The highest BCUT2D eigenvalue weighted by atomic mass is 16.5. The number of para-hydroxylation sites is 2. The molecule has 1 amide bonds. The summed E-state index contributed by atoms with van der Waals surface area (Å²) in [5, 5.41) is 0. The Morgan fingerprint density at radius 1 is 1.14 bits per heavy atom. The number of aromatic nitrogens is 2. The maximum Gasteiger partial charge on any atom is 0.254 e. The Balaban J connectivity index is 1.78. The maximum atomic E-state index is 13.0. The first-order valence-corrected chi connectivity index (χ1v) is 10.1. The highest BCUT2D eigenvalue weighted by Gasteiger charge is 2.18. The summed E-state index contributed by atoms with van der Waals surface area (Å²) in [7, 11) is 3.38. The van der Waals surface area contributed by atoms with E-state index in [1.54, 1.807) is 37.3 Å². The van der Waals surface area contributed by atoms with Crippen LogP contribution in [-0.2, 0) is 13.1 Å². The van der Waals surface area contributed by atoms with Crippen LogP contribution in [0.1, 0.15) is 42.9 Å². The number of unbranched alkanes of at least 4 members (excludes halogenated alkanes) is 1. The molecular formula is C23H29N3O3. The van der Waals surface area contributed by atoms with Crippen LogP contribution in [0.2, 0.25) is 0 Å². The number of methoxy groups -OCH3 is 1. The average Bonchev–Trinajstić information content (AvgIpc) is 3.10. The predicted octanol–water partition coefficient (Wildman–Crippen LogP) is 4.52. The SMILES string of the molecule is CCCCOc1ccc(C(=O)N(C)Cc2nc3ccccc3n2CC)cc1OC. The number of carbonyl (C=O) groups is 1. The molecule has 0 N–H and O–H groups in total. The molecule has 0 aliphatic rings. The van der Waals surface area contributed by atoms with Crippen molar-refractivity contribution in [2.24, 2.45) is 0 Å². The summed E-state index contributed by atoms with van der Waals surface area (Å²) in [6.45, 7) is 6.06. The number of amides is 1. The third kappa shape index (κ3) is 4.53. The summed E-state index contributed by atoms with van der Waals surface area (Å²) >= 11 is 0. The molecule has 6 heteroatoms. The molecule has 0 saturated carbocycles. The van der Waals surface area contributed by atoms with E-state index in [9.17, 15) is 4.79 Å². The number of hydrogen-bond acceptors (Lipinski definition) is 4. The van der Waals surface area contributed by atoms with Crippen LogP contribution < -0.4 is 9.47 Å². The smallest absolute Gasteiger partial charge is 0.254 e. The van der Waals surface area contributed by atoms with E-state index in [1.807, 2.05) is 18.2 Å². The van der Waals surface area contributed by atoms with Crippen LogP contribution in [0.5, 0.6) is 11.5 Å². The lowest BCUT2D eigenvalue weighted by Gasteiger charge is -2.19. The number of hydrogen-bond donors (Lipinski definition) is 0. The molecule has 2 aromatic carbocycles. The van der Waals surface area contributed by atoms with Crippen molar-refractivity contribution >= 4 is 16.9 Å². The molecule has 0 radical (unpaired) electrons. The highest BCUT2D eigenvalue weighted by molar-refractivity contribution is 5.94. The van der Waals surface area contributed by atoms with Gasteiger partial charge in [0.2, 0.25) is 0 Å². The summed E-state index contributed by atoms with van der Waals surface area (Å²) in [5.74, 6) is 2.02. The van der Waals surface area contributed by atoms with Crippen molar-refractivity contribution in [3.63, 3.8) is 0 Å². The van der Waals surface area contributed by atoms with Gasteiger partial charge in [0.05, 0.1) is 31.3 Å². The number of fused-ring (bicyclic) bond motifs is 1. The normalized spacial score (nSPS) is 10.9. The first kappa shape index (κ1) is 20.7. The minimum Gasteiger partial charge on any atom is -0.493 e. The van der Waals surface area contributed by atoms with Gasteiger partial charge in [0.15, 0.2) is 11.5 Å². The zero-order valence-electron chi connectivity index (χ0n) is 17.6. The molecule has 6 nitrogen and oxygen atoms in total. The molecule has 0 fully saturated rings. The molecule has 0 spiro atoms. The van der Waals surface area contributed by atoms with Gasteiger partial charge in [0.25, 0.3) is 5.91 Å². The molecule has 0 atom stereocenters. The van der Waals surface area contributed by atoms with Gasteiger partial charge in [0, 0.05) is 19.2 Å². The highest BCUT2D eigenvalue weighted by Crippen LogP contribution is 2.29. The largest absolute Gasteiger partial charge is 0.493 e. The van der Waals surface area contributed by atoms with Crippen molar-refractivity contribution in [3.8, 4) is 11.5 Å². The van der Waals surface area contributed by atoms with E-state index in [2.05, 4.69) is 24.5 Å². The second-order valence-electron chi connectivity index (χ2n) is 6.99. The van der Waals surface area contributed by atoms with Gasteiger partial charge in [-0.05, 0) is 43.7 Å². The summed E-state index contributed by atoms with van der Waals surface area (Å²) in [6, 6.07) is 13.4. The van der Waals surface area contributed by atoms with Crippen LogP contribution in [0, 0.1) is 0 Å². The molecule has 3 aromatic rings. The van der Waals surface area contributed by atoms with E-state index in [-0.39, 0.29) is 5.91 Å². The molecule has 1 heterocycles. The lowest BCUT2D eigenvalue weighted by molar-refractivity contribution is 0.0780. The number of imidazole rings is 1. The van der Waals surface area contributed by atoms with Gasteiger partial charge >= 0.3 is 0 Å². The van der Waals surface area contributed by atoms with E-state index in [0.29, 0.717) is 30.2 Å². The first-order valence-electron chi connectivity index (χ1n) is 10.1. The summed E-state index contributed by atoms with van der Waals surface area (Å²) in [5.41, 5.74) is 2.59. The standard InChI is InChI=1S/C23H29N3O3/c1-5-7-14-29-20-13-12-17(15-21(20)28-4)23(27)25(3)16-22-24-18-10-8-9-11-19(18)26(22)6-2/h8-13,15H,5-7,14,16H2,1-4H3. The Morgan fingerprint density at radius 2 is 1.93 bits per heavy atom. The summed E-state index contributed by atoms with van der Waals surface area (Å²) < 4.78 is 13.3. The number of benzene rings is 2. The maximum absolute atomic E-state index is 13.0. The predicted molar refractivity (Wildman–Crippen MR) is 115 cm³/mol. The Hall–Kier alpha value is -3.02. The Bertz CT molecular complexity index is 981. The van der Waals surface area contributed by atoms with Gasteiger partial charge in [-0.2, -0.15) is 0 Å². The second-order valence-corrected chi connectivity index (χ2v) is 6.99. The Kier molecular flexibility index (Phi) is 6.75. The monoisotopic (exact) mass is 395 g/mol. The van der Waals surface area contributed by atoms with Crippen LogP contribution in [0.25, 0.3) is 11.0 Å². The van der Waals surface area contributed by atoms with Gasteiger partial charge in [-0.3, -0.25) is 4.79 Å². The lowest BCUT2D eigenvalue weighted by atomic mass is 10.1.